The van der Waals surface area contributed by atoms with E-state index in [4.69, 9.17) is 9.47 Å². The van der Waals surface area contributed by atoms with Crippen molar-refractivity contribution in [3.8, 4) is 16.9 Å². The third-order valence-corrected chi connectivity index (χ3v) is 6.34. The third-order valence-electron chi connectivity index (χ3n) is 6.34. The summed E-state index contributed by atoms with van der Waals surface area (Å²) in [6, 6.07) is 10.9. The zero-order chi connectivity index (χ0) is 23.1. The van der Waals surface area contributed by atoms with Crippen LogP contribution in [-0.4, -0.2) is 56.0 Å². The van der Waals surface area contributed by atoms with Crippen molar-refractivity contribution in [1.82, 2.24) is 29.9 Å². The van der Waals surface area contributed by atoms with E-state index in [1.165, 1.54) is 0 Å². The third kappa shape index (κ3) is 4.32. The number of anilines is 2. The van der Waals surface area contributed by atoms with Gasteiger partial charge in [-0.1, -0.05) is 0 Å². The molecule has 2 saturated heterocycles. The number of hydrogen-bond acceptors (Lipinski definition) is 8. The van der Waals surface area contributed by atoms with Gasteiger partial charge in [0, 0.05) is 60.2 Å². The van der Waals surface area contributed by atoms with Crippen LogP contribution in [0.4, 0.5) is 11.6 Å². The van der Waals surface area contributed by atoms with Crippen LogP contribution in [0, 0.1) is 13.8 Å². The molecule has 2 aliphatic heterocycles. The fourth-order valence-electron chi connectivity index (χ4n) is 4.80. The van der Waals surface area contributed by atoms with Gasteiger partial charge in [0.1, 0.15) is 24.0 Å². The van der Waals surface area contributed by atoms with Gasteiger partial charge in [0.25, 0.3) is 0 Å². The van der Waals surface area contributed by atoms with Crippen molar-refractivity contribution >= 4 is 17.2 Å². The lowest BCUT2D eigenvalue weighted by Gasteiger charge is -2.40. The first-order chi connectivity index (χ1) is 16.6. The Balaban J connectivity index is 1.28. The standard InChI is InChI=1S/C25H27N7O2/c1-15-5-22(23(11-26-15)34-21-8-18-12-33-13-19(9-21)29-18)17-3-4-32-20(7-17)10-25(31-32)30-24-6-16(2)27-14-28-24/h3-7,10-11,14,18-19,21,29H,8-9,12-13H2,1-2H3,(H,27,28,30,31)/t18-,19+,21-. The number of morpholine rings is 1. The second-order valence-electron chi connectivity index (χ2n) is 9.12. The Bertz CT molecular complexity index is 1330. The van der Waals surface area contributed by atoms with E-state index in [0.717, 1.165) is 65.7 Å². The average Bonchev–Trinajstić information content (AvgIpc) is 3.21. The highest BCUT2D eigenvalue weighted by atomic mass is 16.5. The molecule has 4 aromatic rings. The van der Waals surface area contributed by atoms with Crippen LogP contribution in [0.5, 0.6) is 5.75 Å². The van der Waals surface area contributed by atoms with Gasteiger partial charge in [-0.05, 0) is 37.6 Å². The average molecular weight is 458 g/mol. The molecule has 0 aromatic carbocycles. The van der Waals surface area contributed by atoms with Crippen molar-refractivity contribution in [2.75, 3.05) is 18.5 Å². The predicted octanol–water partition coefficient (Wildman–Crippen LogP) is 3.44. The highest BCUT2D eigenvalue weighted by Crippen LogP contribution is 2.34. The number of nitrogens with zero attached hydrogens (tertiary/aromatic N) is 5. The normalized spacial score (nSPS) is 22.0. The van der Waals surface area contributed by atoms with Crippen molar-refractivity contribution in [2.24, 2.45) is 0 Å². The zero-order valence-electron chi connectivity index (χ0n) is 19.2. The molecular weight excluding hydrogens is 430 g/mol. The molecule has 0 spiro atoms. The van der Waals surface area contributed by atoms with Gasteiger partial charge < -0.3 is 20.1 Å². The second-order valence-corrected chi connectivity index (χ2v) is 9.12. The number of hydrogen-bond donors (Lipinski definition) is 2. The van der Waals surface area contributed by atoms with Crippen molar-refractivity contribution in [2.45, 2.75) is 44.9 Å². The lowest BCUT2D eigenvalue weighted by atomic mass is 9.94. The Morgan fingerprint density at radius 1 is 1.00 bits per heavy atom. The van der Waals surface area contributed by atoms with Gasteiger partial charge in [0.15, 0.2) is 5.82 Å². The first kappa shape index (κ1) is 21.0. The first-order valence-electron chi connectivity index (χ1n) is 11.6. The van der Waals surface area contributed by atoms with Gasteiger partial charge in [0.05, 0.1) is 24.9 Å². The number of pyridine rings is 2. The molecule has 9 nitrogen and oxygen atoms in total. The monoisotopic (exact) mass is 457 g/mol. The van der Waals surface area contributed by atoms with Crippen LogP contribution in [0.1, 0.15) is 24.2 Å². The largest absolute Gasteiger partial charge is 0.488 e. The lowest BCUT2D eigenvalue weighted by molar-refractivity contribution is -0.0122. The molecule has 6 rings (SSSR count). The molecule has 0 saturated carbocycles. The summed E-state index contributed by atoms with van der Waals surface area (Å²) in [7, 11) is 0. The minimum atomic E-state index is 0.147. The molecule has 0 unspecified atom stereocenters. The number of aromatic nitrogens is 5. The van der Waals surface area contributed by atoms with Crippen LogP contribution in [0.3, 0.4) is 0 Å². The minimum absolute atomic E-state index is 0.147. The molecular formula is C25H27N7O2. The lowest BCUT2D eigenvalue weighted by Crippen LogP contribution is -2.56. The summed E-state index contributed by atoms with van der Waals surface area (Å²) in [4.78, 5) is 12.9. The van der Waals surface area contributed by atoms with E-state index in [1.54, 1.807) is 6.33 Å². The summed E-state index contributed by atoms with van der Waals surface area (Å²) in [5.41, 5.74) is 4.92. The van der Waals surface area contributed by atoms with Crippen LogP contribution in [0.25, 0.3) is 16.6 Å². The minimum Gasteiger partial charge on any atom is -0.488 e. The highest BCUT2D eigenvalue weighted by molar-refractivity contribution is 5.75. The van der Waals surface area contributed by atoms with Gasteiger partial charge in [-0.25, -0.2) is 14.5 Å². The van der Waals surface area contributed by atoms with E-state index in [0.29, 0.717) is 17.9 Å². The summed E-state index contributed by atoms with van der Waals surface area (Å²) in [5, 5.41) is 11.5. The Hall–Kier alpha value is -3.56. The van der Waals surface area contributed by atoms with Crippen LogP contribution < -0.4 is 15.4 Å². The Kier molecular flexibility index (Phi) is 5.35. The topological polar surface area (TPSA) is 98.5 Å². The maximum atomic E-state index is 6.53. The Morgan fingerprint density at radius 3 is 2.65 bits per heavy atom. The Labute approximate surface area is 197 Å². The van der Waals surface area contributed by atoms with E-state index in [2.05, 4.69) is 48.9 Å². The van der Waals surface area contributed by atoms with Gasteiger partial charge in [0.2, 0.25) is 0 Å². The molecule has 0 aliphatic carbocycles. The number of nitrogens with one attached hydrogen (secondary N) is 2. The molecule has 34 heavy (non-hydrogen) atoms. The van der Waals surface area contributed by atoms with Crippen LogP contribution in [-0.2, 0) is 4.74 Å². The molecule has 0 amide bonds. The quantitative estimate of drug-likeness (QED) is 0.470. The van der Waals surface area contributed by atoms with E-state index in [-0.39, 0.29) is 6.10 Å². The van der Waals surface area contributed by atoms with Gasteiger partial charge in [-0.3, -0.25) is 4.98 Å². The fraction of sp³-hybridized carbons (Fsp3) is 0.360. The van der Waals surface area contributed by atoms with Crippen molar-refractivity contribution in [3.63, 3.8) is 0 Å². The van der Waals surface area contributed by atoms with Crippen molar-refractivity contribution < 1.29 is 9.47 Å². The molecule has 2 bridgehead atoms. The maximum absolute atomic E-state index is 6.53. The number of rotatable bonds is 5. The highest BCUT2D eigenvalue weighted by Gasteiger charge is 2.33. The predicted molar refractivity (Wildman–Crippen MR) is 128 cm³/mol. The van der Waals surface area contributed by atoms with Crippen LogP contribution in [0.15, 0.2) is 49.1 Å². The van der Waals surface area contributed by atoms with E-state index >= 15 is 0 Å². The number of piperidine rings is 1. The smallest absolute Gasteiger partial charge is 0.154 e. The number of ether oxygens (including phenoxy) is 2. The molecule has 9 heteroatoms. The molecule has 2 aliphatic rings. The summed E-state index contributed by atoms with van der Waals surface area (Å²) in [6.45, 7) is 5.43. The molecule has 174 valence electrons. The van der Waals surface area contributed by atoms with Crippen LogP contribution in [0.2, 0.25) is 0 Å². The molecule has 2 N–H and O–H groups in total. The molecule has 4 aromatic heterocycles. The Morgan fingerprint density at radius 2 is 1.82 bits per heavy atom. The summed E-state index contributed by atoms with van der Waals surface area (Å²) < 4.78 is 14.1. The van der Waals surface area contributed by atoms with Gasteiger partial charge in [-0.2, -0.15) is 5.10 Å². The molecule has 6 heterocycles. The number of fused-ring (bicyclic) bond motifs is 3. The maximum Gasteiger partial charge on any atom is 0.154 e. The SMILES string of the molecule is Cc1cc(Nc2cc3cc(-c4cc(C)ncc4O[C@H]4C[C@H]5COC[C@@H](C4)N5)ccn3n2)ncn1. The van der Waals surface area contributed by atoms with Crippen molar-refractivity contribution in [3.05, 3.63) is 60.4 Å². The summed E-state index contributed by atoms with van der Waals surface area (Å²) in [5.74, 6) is 2.25. The van der Waals surface area contributed by atoms with E-state index < -0.39 is 0 Å². The second kappa shape index (κ2) is 8.66. The van der Waals surface area contributed by atoms with Gasteiger partial charge in [-0.15, -0.1) is 0 Å². The van der Waals surface area contributed by atoms with Crippen LogP contribution >= 0.6 is 0 Å². The fourth-order valence-corrected chi connectivity index (χ4v) is 4.80. The zero-order valence-corrected chi connectivity index (χ0v) is 19.2. The van der Waals surface area contributed by atoms with E-state index in [1.807, 2.05) is 42.9 Å². The van der Waals surface area contributed by atoms with Gasteiger partial charge >= 0.3 is 0 Å². The molecule has 3 atom stereocenters. The first-order valence-corrected chi connectivity index (χ1v) is 11.6. The van der Waals surface area contributed by atoms with Crippen molar-refractivity contribution in [1.29, 1.82) is 0 Å². The summed E-state index contributed by atoms with van der Waals surface area (Å²) in [6.07, 6.45) is 7.37. The summed E-state index contributed by atoms with van der Waals surface area (Å²) >= 11 is 0. The van der Waals surface area contributed by atoms with E-state index in [9.17, 15) is 0 Å². The number of aryl methyl sites for hydroxylation is 2. The molecule has 0 radical (unpaired) electrons. The molecule has 2 fully saturated rings.